The van der Waals surface area contributed by atoms with Crippen LogP contribution in [0.3, 0.4) is 0 Å². The van der Waals surface area contributed by atoms with E-state index in [9.17, 15) is 10.1 Å². The highest BCUT2D eigenvalue weighted by Crippen LogP contribution is 2.32. The minimum absolute atomic E-state index is 0.106. The summed E-state index contributed by atoms with van der Waals surface area (Å²) in [5.41, 5.74) is 1.32. The molecular weight excluding hydrogens is 334 g/mol. The van der Waals surface area contributed by atoms with E-state index in [-0.39, 0.29) is 17.3 Å². The molecule has 1 aromatic heterocycles. The fourth-order valence-corrected chi connectivity index (χ4v) is 2.22. The number of hydrogen-bond donors (Lipinski definition) is 2. The lowest BCUT2D eigenvalue weighted by molar-refractivity contribution is -0.383. The molecule has 1 heterocycles. The van der Waals surface area contributed by atoms with Crippen molar-refractivity contribution in [2.24, 2.45) is 0 Å². The zero-order chi connectivity index (χ0) is 17.5. The second-order valence-corrected chi connectivity index (χ2v) is 5.47. The highest BCUT2D eigenvalue weighted by molar-refractivity contribution is 6.30. The number of hydrogen-bond acceptors (Lipinski definition) is 7. The van der Waals surface area contributed by atoms with Crippen molar-refractivity contribution in [3.8, 4) is 0 Å². The van der Waals surface area contributed by atoms with Gasteiger partial charge in [-0.25, -0.2) is 9.97 Å². The van der Waals surface area contributed by atoms with Crippen molar-refractivity contribution in [2.75, 3.05) is 30.9 Å². The molecule has 24 heavy (non-hydrogen) atoms. The molecule has 2 aromatic rings. The van der Waals surface area contributed by atoms with E-state index in [4.69, 9.17) is 16.3 Å². The van der Waals surface area contributed by atoms with Gasteiger partial charge in [-0.15, -0.1) is 0 Å². The van der Waals surface area contributed by atoms with Crippen molar-refractivity contribution >= 4 is 34.6 Å². The van der Waals surface area contributed by atoms with Crippen molar-refractivity contribution in [3.63, 3.8) is 0 Å². The highest BCUT2D eigenvalue weighted by atomic mass is 35.5. The van der Waals surface area contributed by atoms with Crippen molar-refractivity contribution in [3.05, 3.63) is 45.2 Å². The van der Waals surface area contributed by atoms with Crippen LogP contribution in [-0.2, 0) is 4.74 Å². The molecule has 0 atom stereocenters. The van der Waals surface area contributed by atoms with E-state index >= 15 is 0 Å². The van der Waals surface area contributed by atoms with Crippen LogP contribution < -0.4 is 10.6 Å². The average Bonchev–Trinajstić information content (AvgIpc) is 2.55. The summed E-state index contributed by atoms with van der Waals surface area (Å²) >= 11 is 5.98. The molecule has 0 fully saturated rings. The van der Waals surface area contributed by atoms with Crippen LogP contribution in [0, 0.1) is 17.0 Å². The first-order valence-electron chi connectivity index (χ1n) is 7.28. The molecule has 1 aromatic carbocycles. The Hall–Kier alpha value is -2.45. The summed E-state index contributed by atoms with van der Waals surface area (Å²) in [4.78, 5) is 18.9. The maximum Gasteiger partial charge on any atom is 0.353 e. The third-order valence-electron chi connectivity index (χ3n) is 3.28. The van der Waals surface area contributed by atoms with E-state index in [1.54, 1.807) is 19.2 Å². The van der Waals surface area contributed by atoms with Gasteiger partial charge in [-0.3, -0.25) is 10.1 Å². The number of aryl methyl sites for hydroxylation is 1. The molecule has 0 aliphatic rings. The predicted molar refractivity (Wildman–Crippen MR) is 93.1 cm³/mol. The van der Waals surface area contributed by atoms with E-state index < -0.39 is 4.92 Å². The minimum atomic E-state index is -0.513. The molecule has 9 heteroatoms. The van der Waals surface area contributed by atoms with Gasteiger partial charge in [0, 0.05) is 31.0 Å². The van der Waals surface area contributed by atoms with Crippen molar-refractivity contribution in [1.82, 2.24) is 9.97 Å². The van der Waals surface area contributed by atoms with Gasteiger partial charge in [-0.05, 0) is 31.0 Å². The van der Waals surface area contributed by atoms with E-state index in [2.05, 4.69) is 20.6 Å². The quantitative estimate of drug-likeness (QED) is 0.426. The number of halogens is 1. The number of nitro groups is 1. The maximum absolute atomic E-state index is 11.5. The van der Waals surface area contributed by atoms with Crippen molar-refractivity contribution in [2.45, 2.75) is 13.3 Å². The molecule has 8 nitrogen and oxygen atoms in total. The van der Waals surface area contributed by atoms with Crippen LogP contribution in [0.1, 0.15) is 12.0 Å². The molecule has 0 bridgehead atoms. The third kappa shape index (κ3) is 4.53. The first-order valence-corrected chi connectivity index (χ1v) is 7.66. The average molecular weight is 352 g/mol. The van der Waals surface area contributed by atoms with E-state index in [1.807, 2.05) is 13.0 Å². The normalized spacial score (nSPS) is 10.5. The van der Waals surface area contributed by atoms with Gasteiger partial charge in [0.25, 0.3) is 0 Å². The molecule has 0 unspecified atom stereocenters. The van der Waals surface area contributed by atoms with Gasteiger partial charge in [-0.1, -0.05) is 17.7 Å². The molecule has 0 saturated heterocycles. The summed E-state index contributed by atoms with van der Waals surface area (Å²) in [6, 6.07) is 5.26. The monoisotopic (exact) mass is 351 g/mol. The number of methoxy groups -OCH3 is 1. The summed E-state index contributed by atoms with van der Waals surface area (Å²) in [7, 11) is 1.60. The Kier molecular flexibility index (Phi) is 6.28. The van der Waals surface area contributed by atoms with Gasteiger partial charge in [-0.2, -0.15) is 0 Å². The lowest BCUT2D eigenvalue weighted by Crippen LogP contribution is -2.10. The van der Waals surface area contributed by atoms with Crippen LogP contribution in [-0.4, -0.2) is 35.2 Å². The fourth-order valence-electron chi connectivity index (χ4n) is 2.05. The SMILES string of the molecule is COCCCNc1ncnc(Nc2cc(Cl)ccc2C)c1[N+](=O)[O-]. The van der Waals surface area contributed by atoms with Crippen LogP contribution in [0.2, 0.25) is 5.02 Å². The molecule has 128 valence electrons. The first-order chi connectivity index (χ1) is 11.5. The molecule has 2 N–H and O–H groups in total. The molecule has 2 rings (SSSR count). The van der Waals surface area contributed by atoms with Gasteiger partial charge in [0.1, 0.15) is 6.33 Å². The van der Waals surface area contributed by atoms with E-state index in [0.717, 1.165) is 5.56 Å². The second-order valence-electron chi connectivity index (χ2n) is 5.03. The van der Waals surface area contributed by atoms with E-state index in [0.29, 0.717) is 30.3 Å². The maximum atomic E-state index is 11.5. The molecule has 0 amide bonds. The molecule has 0 aliphatic heterocycles. The van der Waals surface area contributed by atoms with Crippen LogP contribution in [0.25, 0.3) is 0 Å². The van der Waals surface area contributed by atoms with Crippen molar-refractivity contribution < 1.29 is 9.66 Å². The summed E-state index contributed by atoms with van der Waals surface area (Å²) in [6.07, 6.45) is 1.97. The Balaban J connectivity index is 2.29. The van der Waals surface area contributed by atoms with Gasteiger partial charge in [0.05, 0.1) is 4.92 Å². The lowest BCUT2D eigenvalue weighted by Gasteiger charge is -2.11. The fraction of sp³-hybridized carbons (Fsp3) is 0.333. The zero-order valence-electron chi connectivity index (χ0n) is 13.4. The van der Waals surface area contributed by atoms with Gasteiger partial charge in [0.15, 0.2) is 0 Å². The smallest absolute Gasteiger partial charge is 0.353 e. The standard InChI is InChI=1S/C15H18ClN5O3/c1-10-4-5-11(16)8-12(10)20-15-13(21(22)23)14(18-9-19-15)17-6-3-7-24-2/h4-5,8-9H,3,6-7H2,1-2H3,(H2,17,18,19,20). The number of rotatable bonds is 8. The van der Waals surface area contributed by atoms with Gasteiger partial charge >= 0.3 is 5.69 Å². The Morgan fingerprint density at radius 3 is 2.79 bits per heavy atom. The summed E-state index contributed by atoms with van der Waals surface area (Å²) in [5, 5.41) is 17.9. The van der Waals surface area contributed by atoms with Crippen LogP contribution in [0.5, 0.6) is 0 Å². The van der Waals surface area contributed by atoms with Crippen molar-refractivity contribution in [1.29, 1.82) is 0 Å². The highest BCUT2D eigenvalue weighted by Gasteiger charge is 2.23. The number of nitrogens with zero attached hydrogens (tertiary/aromatic N) is 3. The van der Waals surface area contributed by atoms with Gasteiger partial charge < -0.3 is 15.4 Å². The van der Waals surface area contributed by atoms with Gasteiger partial charge in [0.2, 0.25) is 11.6 Å². The number of benzene rings is 1. The predicted octanol–water partition coefficient (Wildman–Crippen LogP) is 3.54. The largest absolute Gasteiger partial charge is 0.385 e. The van der Waals surface area contributed by atoms with Crippen LogP contribution in [0.15, 0.2) is 24.5 Å². The molecule has 0 radical (unpaired) electrons. The molecule has 0 spiro atoms. The molecule has 0 saturated carbocycles. The summed E-state index contributed by atoms with van der Waals surface area (Å²) < 4.78 is 4.95. The Morgan fingerprint density at radius 2 is 2.08 bits per heavy atom. The zero-order valence-corrected chi connectivity index (χ0v) is 14.1. The number of aromatic nitrogens is 2. The minimum Gasteiger partial charge on any atom is -0.385 e. The van der Waals surface area contributed by atoms with Crippen LogP contribution in [0.4, 0.5) is 23.0 Å². The Morgan fingerprint density at radius 1 is 1.33 bits per heavy atom. The van der Waals surface area contributed by atoms with Crippen LogP contribution >= 0.6 is 11.6 Å². The number of ether oxygens (including phenoxy) is 1. The number of anilines is 3. The molecule has 0 aliphatic carbocycles. The number of nitrogens with one attached hydrogen (secondary N) is 2. The molecular formula is C15H18ClN5O3. The third-order valence-corrected chi connectivity index (χ3v) is 3.51. The summed E-state index contributed by atoms with van der Waals surface area (Å²) in [5.74, 6) is 0.267. The summed E-state index contributed by atoms with van der Waals surface area (Å²) in [6.45, 7) is 2.93. The Labute approximate surface area is 144 Å². The second kappa shape index (κ2) is 8.42. The lowest BCUT2D eigenvalue weighted by atomic mass is 10.2. The topological polar surface area (TPSA) is 102 Å². The first kappa shape index (κ1) is 17.9. The Bertz CT molecular complexity index is 726. The van der Waals surface area contributed by atoms with E-state index in [1.165, 1.54) is 6.33 Å².